The number of primary amides is 1. The lowest BCUT2D eigenvalue weighted by atomic mass is 9.99. The molecule has 1 aromatic carbocycles. The van der Waals surface area contributed by atoms with Crippen molar-refractivity contribution in [3.63, 3.8) is 0 Å². The first-order chi connectivity index (χ1) is 14.2. The molecule has 2 fully saturated rings. The van der Waals surface area contributed by atoms with E-state index in [1.807, 2.05) is 19.9 Å². The quantitative estimate of drug-likeness (QED) is 0.503. The second-order valence-electron chi connectivity index (χ2n) is 7.83. The van der Waals surface area contributed by atoms with Crippen LogP contribution < -0.4 is 5.73 Å². The van der Waals surface area contributed by atoms with E-state index in [0.717, 1.165) is 5.56 Å². The number of nitrogens with two attached hydrogens (primary N) is 1. The molecule has 0 spiro atoms. The number of benzene rings is 1. The summed E-state index contributed by atoms with van der Waals surface area (Å²) in [6.45, 7) is 6.44. The monoisotopic (exact) mass is 416 g/mol. The van der Waals surface area contributed by atoms with Gasteiger partial charge in [0.25, 0.3) is 0 Å². The van der Waals surface area contributed by atoms with Gasteiger partial charge in [-0.15, -0.1) is 6.42 Å². The van der Waals surface area contributed by atoms with E-state index < -0.39 is 17.8 Å². The second-order valence-corrected chi connectivity index (χ2v) is 7.83. The summed E-state index contributed by atoms with van der Waals surface area (Å²) < 4.78 is 23.6. The predicted molar refractivity (Wildman–Crippen MR) is 108 cm³/mol. The highest BCUT2D eigenvalue weighted by Crippen LogP contribution is 2.45. The lowest BCUT2D eigenvalue weighted by Crippen LogP contribution is -2.42. The molecule has 0 radical (unpaired) electrons. The third kappa shape index (κ3) is 4.99. The van der Waals surface area contributed by atoms with Crippen LogP contribution in [0.4, 0.5) is 0 Å². The minimum absolute atomic E-state index is 0.0569. The molecule has 4 atom stereocenters. The van der Waals surface area contributed by atoms with Gasteiger partial charge < -0.3 is 24.7 Å². The van der Waals surface area contributed by atoms with Crippen molar-refractivity contribution in [2.24, 2.45) is 5.73 Å². The summed E-state index contributed by atoms with van der Waals surface area (Å²) in [5.41, 5.74) is 6.59. The minimum atomic E-state index is -0.783. The van der Waals surface area contributed by atoms with Crippen LogP contribution in [0, 0.1) is 12.3 Å². The summed E-state index contributed by atoms with van der Waals surface area (Å²) in [6.07, 6.45) is 3.92. The molecule has 8 heteroatoms. The van der Waals surface area contributed by atoms with Crippen LogP contribution in [-0.4, -0.2) is 67.1 Å². The number of carbonyl (C=O) groups excluding carboxylic acids is 2. The maximum atomic E-state index is 11.9. The van der Waals surface area contributed by atoms with Gasteiger partial charge in [-0.1, -0.05) is 18.1 Å². The zero-order chi connectivity index (χ0) is 21.9. The molecule has 0 aromatic heterocycles. The Bertz CT molecular complexity index is 833. The topological polar surface area (TPSA) is 100 Å². The molecule has 0 saturated carbocycles. The molecule has 2 aliphatic heterocycles. The molecule has 2 unspecified atom stereocenters. The summed E-state index contributed by atoms with van der Waals surface area (Å²) in [5, 5.41) is 0. The maximum Gasteiger partial charge on any atom is 0.320 e. The normalized spacial score (nSPS) is 26.9. The van der Waals surface area contributed by atoms with E-state index >= 15 is 0 Å². The van der Waals surface area contributed by atoms with Crippen LogP contribution in [0.1, 0.15) is 42.8 Å². The summed E-state index contributed by atoms with van der Waals surface area (Å²) in [7, 11) is 0. The Morgan fingerprint density at radius 1 is 1.30 bits per heavy atom. The smallest absolute Gasteiger partial charge is 0.320 e. The predicted octanol–water partition coefficient (Wildman–Crippen LogP) is 1.24. The average molecular weight is 416 g/mol. The Balaban J connectivity index is 1.82. The van der Waals surface area contributed by atoms with Gasteiger partial charge in [0.15, 0.2) is 5.79 Å². The van der Waals surface area contributed by atoms with E-state index in [9.17, 15) is 9.59 Å². The zero-order valence-corrected chi connectivity index (χ0v) is 17.5. The molecular formula is C22H28N2O6. The van der Waals surface area contributed by atoms with E-state index in [-0.39, 0.29) is 37.4 Å². The van der Waals surface area contributed by atoms with Gasteiger partial charge in [0.2, 0.25) is 5.91 Å². The molecule has 2 aliphatic rings. The second kappa shape index (κ2) is 9.14. The standard InChI is InChI=1S/C22H28N2O6/c1-5-10-24(13-17(25)27-6-2)12-16-19-20(30-22(3,4)29-19)18(28-16)14-8-7-9-15(11-14)21(23)26/h1,7-9,11,16,18-20H,6,10,12-13H2,2-4H3,(H2,23,26)/t16-,18+,19?,20?/m1/s1. The van der Waals surface area contributed by atoms with Gasteiger partial charge in [-0.05, 0) is 38.5 Å². The van der Waals surface area contributed by atoms with E-state index in [4.69, 9.17) is 31.1 Å². The van der Waals surface area contributed by atoms with Gasteiger partial charge >= 0.3 is 5.97 Å². The van der Waals surface area contributed by atoms with E-state index in [1.165, 1.54) is 0 Å². The van der Waals surface area contributed by atoms with Gasteiger partial charge in [0, 0.05) is 12.1 Å². The molecule has 162 valence electrons. The van der Waals surface area contributed by atoms with Crippen molar-refractivity contribution >= 4 is 11.9 Å². The number of nitrogens with zero attached hydrogens (tertiary/aromatic N) is 1. The van der Waals surface area contributed by atoms with Crippen molar-refractivity contribution in [1.29, 1.82) is 0 Å². The number of fused-ring (bicyclic) bond motifs is 1. The van der Waals surface area contributed by atoms with Gasteiger partial charge in [0.05, 0.1) is 19.7 Å². The van der Waals surface area contributed by atoms with E-state index in [0.29, 0.717) is 18.7 Å². The number of terminal acetylenes is 1. The lowest BCUT2D eigenvalue weighted by Gasteiger charge is -2.27. The Labute approximate surface area is 176 Å². The molecule has 0 aliphatic carbocycles. The fourth-order valence-electron chi connectivity index (χ4n) is 3.92. The Morgan fingerprint density at radius 3 is 2.70 bits per heavy atom. The molecule has 30 heavy (non-hydrogen) atoms. The molecule has 0 bridgehead atoms. The van der Waals surface area contributed by atoms with Crippen LogP contribution >= 0.6 is 0 Å². The molecular weight excluding hydrogens is 388 g/mol. The number of carbonyl (C=O) groups is 2. The number of hydrogen-bond acceptors (Lipinski definition) is 7. The SMILES string of the molecule is C#CCN(CC(=O)OCC)C[C@H]1O[C@@H](c2cccc(C(N)=O)c2)C2OC(C)(C)OC21. The van der Waals surface area contributed by atoms with Crippen molar-refractivity contribution in [2.45, 2.75) is 51.0 Å². The molecule has 2 N–H and O–H groups in total. The lowest BCUT2D eigenvalue weighted by molar-refractivity contribution is -0.189. The van der Waals surface area contributed by atoms with Crippen molar-refractivity contribution in [3.8, 4) is 12.3 Å². The number of esters is 1. The average Bonchev–Trinajstić information content (AvgIpc) is 3.16. The van der Waals surface area contributed by atoms with E-state index in [1.54, 1.807) is 30.0 Å². The van der Waals surface area contributed by atoms with Crippen molar-refractivity contribution in [3.05, 3.63) is 35.4 Å². The van der Waals surface area contributed by atoms with Crippen molar-refractivity contribution < 1.29 is 28.5 Å². The summed E-state index contributed by atoms with van der Waals surface area (Å²) in [6, 6.07) is 6.98. The summed E-state index contributed by atoms with van der Waals surface area (Å²) >= 11 is 0. The first-order valence-electron chi connectivity index (χ1n) is 9.96. The van der Waals surface area contributed by atoms with Crippen LogP contribution in [0.15, 0.2) is 24.3 Å². The van der Waals surface area contributed by atoms with Crippen molar-refractivity contribution in [1.82, 2.24) is 4.90 Å². The van der Waals surface area contributed by atoms with Gasteiger partial charge in [0.1, 0.15) is 24.4 Å². The Morgan fingerprint density at radius 2 is 2.03 bits per heavy atom. The Kier molecular flexibility index (Phi) is 6.78. The first kappa shape index (κ1) is 22.2. The van der Waals surface area contributed by atoms with Crippen LogP contribution in [-0.2, 0) is 23.7 Å². The minimum Gasteiger partial charge on any atom is -0.465 e. The van der Waals surface area contributed by atoms with Crippen molar-refractivity contribution in [2.75, 3.05) is 26.2 Å². The molecule has 3 rings (SSSR count). The van der Waals surface area contributed by atoms with Crippen LogP contribution in [0.3, 0.4) is 0 Å². The molecule has 2 heterocycles. The number of amides is 1. The summed E-state index contributed by atoms with van der Waals surface area (Å²) in [4.78, 5) is 25.3. The highest BCUT2D eigenvalue weighted by Gasteiger charge is 2.55. The molecule has 1 aromatic rings. The number of ether oxygens (including phenoxy) is 4. The maximum absolute atomic E-state index is 11.9. The fraction of sp³-hybridized carbons (Fsp3) is 0.545. The molecule has 8 nitrogen and oxygen atoms in total. The van der Waals surface area contributed by atoms with Gasteiger partial charge in [-0.25, -0.2) is 0 Å². The highest BCUT2D eigenvalue weighted by molar-refractivity contribution is 5.92. The van der Waals surface area contributed by atoms with Gasteiger partial charge in [-0.2, -0.15) is 0 Å². The third-order valence-electron chi connectivity index (χ3n) is 5.06. The first-order valence-corrected chi connectivity index (χ1v) is 9.96. The zero-order valence-electron chi connectivity index (χ0n) is 17.5. The molecule has 2 saturated heterocycles. The number of hydrogen-bond donors (Lipinski definition) is 1. The Hall–Kier alpha value is -2.44. The van der Waals surface area contributed by atoms with Crippen LogP contribution in [0.5, 0.6) is 0 Å². The largest absolute Gasteiger partial charge is 0.465 e. The number of rotatable bonds is 8. The van der Waals surface area contributed by atoms with Gasteiger partial charge in [-0.3, -0.25) is 14.5 Å². The summed E-state index contributed by atoms with van der Waals surface area (Å²) in [5.74, 6) is 0.922. The third-order valence-corrected chi connectivity index (χ3v) is 5.06. The van der Waals surface area contributed by atoms with Crippen LogP contribution in [0.2, 0.25) is 0 Å². The highest BCUT2D eigenvalue weighted by atomic mass is 16.8. The molecule has 1 amide bonds. The fourth-order valence-corrected chi connectivity index (χ4v) is 3.92. The van der Waals surface area contributed by atoms with E-state index in [2.05, 4.69) is 5.92 Å². The van der Waals surface area contributed by atoms with Crippen LogP contribution in [0.25, 0.3) is 0 Å².